The molecule has 3 saturated heterocycles. The Morgan fingerprint density at radius 2 is 1.34 bits per heavy atom. The number of nitrogens with zero attached hydrogens (tertiary/aromatic N) is 12. The van der Waals surface area contributed by atoms with Gasteiger partial charge in [-0.25, -0.2) is 19.0 Å². The van der Waals surface area contributed by atoms with Gasteiger partial charge in [0.2, 0.25) is 16.2 Å². The third-order valence-electron chi connectivity index (χ3n) is 10.7. The summed E-state index contributed by atoms with van der Waals surface area (Å²) in [6.07, 6.45) is 0. The summed E-state index contributed by atoms with van der Waals surface area (Å²) in [5, 5.41) is 50.0. The Morgan fingerprint density at radius 1 is 0.797 bits per heavy atom. The summed E-state index contributed by atoms with van der Waals surface area (Å²) in [6.45, 7) is 1.91. The van der Waals surface area contributed by atoms with E-state index in [4.69, 9.17) is 0 Å². The summed E-state index contributed by atoms with van der Waals surface area (Å²) in [5.41, 5.74) is 0.890. The number of imide groups is 1. The smallest absolute Gasteiger partial charge is 0.352 e. The summed E-state index contributed by atoms with van der Waals surface area (Å²) in [5.74, 6) is -5.61. The maximum atomic E-state index is 14.4. The summed E-state index contributed by atoms with van der Waals surface area (Å²) in [7, 11) is 3.27. The number of β-lactam (4-membered cyclic amide) rings is 2. The van der Waals surface area contributed by atoms with Crippen molar-refractivity contribution in [2.75, 3.05) is 42.6 Å². The Bertz CT molecular complexity index is 2530. The van der Waals surface area contributed by atoms with Crippen LogP contribution in [-0.4, -0.2) is 183 Å². The largest absolute Gasteiger partial charge is 0.508 e. The predicted molar refractivity (Wildman–Crippen MR) is 224 cm³/mol. The molecule has 0 unspecified atom stereocenters. The number of hydrogen-bond donors (Lipinski definition) is 5. The van der Waals surface area contributed by atoms with Crippen molar-refractivity contribution in [1.29, 1.82) is 0 Å². The first-order chi connectivity index (χ1) is 30.7. The fraction of sp³-hybridized carbons (Fsp3) is 0.429. The molecule has 1 aromatic carbocycles. The number of carbonyl (C=O) groups is 8. The number of rotatable bonds is 14. The molecule has 3 fully saturated rings. The van der Waals surface area contributed by atoms with Crippen molar-refractivity contribution in [1.82, 2.24) is 76.0 Å². The van der Waals surface area contributed by atoms with Crippen LogP contribution in [0.5, 0.6) is 5.75 Å². The van der Waals surface area contributed by atoms with Gasteiger partial charge in [-0.2, -0.15) is 0 Å². The van der Waals surface area contributed by atoms with Crippen LogP contribution in [0.25, 0.3) is 0 Å². The standard InChI is InChI=1S/C35H37N15O10S4/c1-4-47-9-10-48(29(57)28(47)56)33(60)38-19(15-5-7-18(51)8-6-15)24(52)36-20-26(54)49-22(16(11-61-30(20)49)13-63-34-39-41-43-45(34)2)25(53)37-21-27(55)50-23(32(58)59)17(12-62-31(21)50)14-64-35-40-42-44-46(35)3/h5-8,19-21,30-31,51H,4,9-14H2,1-3H3,(H,36,52)(H,37,53)(H,38,60)(H,58,59)/t19-,20-,21-,30-,31-/m1/s1. The number of amides is 8. The number of carboxylic acid groups (broad SMARTS) is 1. The number of nitrogens with one attached hydrogen (secondary N) is 3. The number of piperazine rings is 1. The van der Waals surface area contributed by atoms with Gasteiger partial charge in [0.15, 0.2) is 0 Å². The fourth-order valence-electron chi connectivity index (χ4n) is 7.38. The van der Waals surface area contributed by atoms with Crippen molar-refractivity contribution in [2.24, 2.45) is 14.1 Å². The highest BCUT2D eigenvalue weighted by Crippen LogP contribution is 2.44. The molecule has 5 N–H and O–H groups in total. The molecule has 5 atom stereocenters. The second-order valence-corrected chi connectivity index (χ2v) is 18.6. The van der Waals surface area contributed by atoms with Crippen LogP contribution in [0.1, 0.15) is 18.5 Å². The summed E-state index contributed by atoms with van der Waals surface area (Å²) >= 11 is 4.93. The Morgan fingerprint density at radius 3 is 1.88 bits per heavy atom. The number of urea groups is 1. The van der Waals surface area contributed by atoms with Gasteiger partial charge in [-0.3, -0.25) is 43.5 Å². The number of likely N-dealkylation sites (N-methyl/N-ethyl adjacent to an activating group) is 1. The number of benzene rings is 1. The number of carbonyl (C=O) groups excluding carboxylic acids is 7. The van der Waals surface area contributed by atoms with Crippen LogP contribution in [0.15, 0.2) is 57.1 Å². The third-order valence-corrected chi connectivity index (χ3v) is 15.6. The van der Waals surface area contributed by atoms with Crippen LogP contribution < -0.4 is 16.0 Å². The van der Waals surface area contributed by atoms with E-state index in [0.717, 1.165) is 4.90 Å². The molecule has 8 amide bonds. The van der Waals surface area contributed by atoms with E-state index in [1.54, 1.807) is 21.0 Å². The molecule has 0 saturated carbocycles. The molecule has 64 heavy (non-hydrogen) atoms. The van der Waals surface area contributed by atoms with Crippen LogP contribution in [0.3, 0.4) is 0 Å². The molecule has 5 aliphatic heterocycles. The zero-order chi connectivity index (χ0) is 45.6. The van der Waals surface area contributed by atoms with Crippen molar-refractivity contribution in [3.63, 3.8) is 0 Å². The minimum atomic E-state index is -1.51. The van der Waals surface area contributed by atoms with Crippen molar-refractivity contribution in [2.45, 2.75) is 46.1 Å². The van der Waals surface area contributed by atoms with Crippen LogP contribution in [-0.2, 0) is 47.7 Å². The number of aromatic hydroxyl groups is 1. The Balaban J connectivity index is 1.00. The zero-order valence-corrected chi connectivity index (χ0v) is 37.1. The van der Waals surface area contributed by atoms with Crippen LogP contribution >= 0.6 is 47.0 Å². The molecule has 8 rings (SSSR count). The lowest BCUT2D eigenvalue weighted by Crippen LogP contribution is -2.73. The highest BCUT2D eigenvalue weighted by Gasteiger charge is 2.57. The highest BCUT2D eigenvalue weighted by atomic mass is 32.2. The Hall–Kier alpha value is -6.20. The van der Waals surface area contributed by atoms with E-state index in [0.29, 0.717) is 26.4 Å². The van der Waals surface area contributed by atoms with Gasteiger partial charge in [0, 0.05) is 56.7 Å². The van der Waals surface area contributed by atoms with E-state index in [9.17, 15) is 48.6 Å². The quantitative estimate of drug-likeness (QED) is 0.0654. The molecular weight excluding hydrogens is 919 g/mol. The molecule has 25 nitrogen and oxygen atoms in total. The van der Waals surface area contributed by atoms with Crippen molar-refractivity contribution in [3.8, 4) is 5.75 Å². The van der Waals surface area contributed by atoms with E-state index in [-0.39, 0.29) is 65.4 Å². The number of aromatic nitrogens is 8. The zero-order valence-electron chi connectivity index (χ0n) is 33.8. The van der Waals surface area contributed by atoms with Gasteiger partial charge in [0.25, 0.3) is 17.7 Å². The van der Waals surface area contributed by atoms with Crippen LogP contribution in [0.4, 0.5) is 4.79 Å². The number of aryl methyl sites for hydroxylation is 2. The van der Waals surface area contributed by atoms with E-state index in [1.165, 1.54) is 90.5 Å². The molecule has 5 aliphatic rings. The molecule has 29 heteroatoms. The maximum absolute atomic E-state index is 14.4. The second-order valence-electron chi connectivity index (χ2n) is 14.5. The molecule has 3 aromatic rings. The Kier molecular flexibility index (Phi) is 12.6. The number of aliphatic carboxylic acids is 1. The van der Waals surface area contributed by atoms with Gasteiger partial charge >= 0.3 is 23.8 Å². The number of fused-ring (bicyclic) bond motifs is 2. The normalized spacial score (nSPS) is 22.4. The van der Waals surface area contributed by atoms with Crippen LogP contribution in [0, 0.1) is 0 Å². The number of thioether (sulfide) groups is 4. The first-order valence-electron chi connectivity index (χ1n) is 19.3. The fourth-order valence-corrected chi connectivity index (χ4v) is 12.0. The van der Waals surface area contributed by atoms with Gasteiger partial charge in [0.05, 0.1) is 0 Å². The Labute approximate surface area is 378 Å². The average molecular weight is 956 g/mol. The number of hydrogen-bond acceptors (Lipinski definition) is 19. The topological polar surface area (TPSA) is 313 Å². The number of phenolic OH excluding ortho intramolecular Hbond substituents is 1. The van der Waals surface area contributed by atoms with E-state index in [2.05, 4.69) is 47.0 Å². The lowest BCUT2D eigenvalue weighted by molar-refractivity contribution is -0.153. The highest BCUT2D eigenvalue weighted by molar-refractivity contribution is 8.01. The number of phenols is 1. The molecule has 0 bridgehead atoms. The molecule has 0 spiro atoms. The number of carboxylic acids is 1. The van der Waals surface area contributed by atoms with Gasteiger partial charge in [-0.1, -0.05) is 35.7 Å². The SMILES string of the molecule is CCN1CCN(C(=O)N[C@@H](C(=O)N[C@@H]2C(=O)N3C(C(=O)N[C@@H]4C(=O)N5C(C(=O)O)=C(CSc6nnnn6C)CS[C@H]45)=C(CSc4nnnn4C)CS[C@H]23)c2ccc(O)cc2)C(=O)C1=O. The van der Waals surface area contributed by atoms with Crippen molar-refractivity contribution >= 4 is 94.5 Å². The monoisotopic (exact) mass is 955 g/mol. The predicted octanol–water partition coefficient (Wildman–Crippen LogP) is -2.14. The molecule has 336 valence electrons. The van der Waals surface area contributed by atoms with E-state index in [1.807, 2.05) is 0 Å². The van der Waals surface area contributed by atoms with Gasteiger partial charge in [0.1, 0.15) is 46.0 Å². The second kappa shape index (κ2) is 18.1. The van der Waals surface area contributed by atoms with Crippen LogP contribution in [0.2, 0.25) is 0 Å². The average Bonchev–Trinajstić information content (AvgIpc) is 3.90. The molecular formula is C35H37N15O10S4. The maximum Gasteiger partial charge on any atom is 0.352 e. The van der Waals surface area contributed by atoms with Gasteiger partial charge in [-0.05, 0) is 56.6 Å². The lowest BCUT2D eigenvalue weighted by atomic mass is 9.99. The van der Waals surface area contributed by atoms with Gasteiger partial charge in [-0.15, -0.1) is 33.7 Å². The summed E-state index contributed by atoms with van der Waals surface area (Å²) in [6, 6.07) is 0.413. The first kappa shape index (κ1) is 44.4. The minimum absolute atomic E-state index is 0.0601. The lowest BCUT2D eigenvalue weighted by Gasteiger charge is -2.52. The van der Waals surface area contributed by atoms with Crippen molar-refractivity contribution < 1.29 is 48.6 Å². The van der Waals surface area contributed by atoms with Crippen molar-refractivity contribution in [3.05, 3.63) is 52.4 Å². The van der Waals surface area contributed by atoms with E-state index >= 15 is 0 Å². The van der Waals surface area contributed by atoms with Gasteiger partial charge < -0.3 is 31.1 Å². The number of tetrazole rings is 2. The summed E-state index contributed by atoms with van der Waals surface area (Å²) in [4.78, 5) is 112. The molecule has 0 radical (unpaired) electrons. The molecule has 7 heterocycles. The summed E-state index contributed by atoms with van der Waals surface area (Å²) < 4.78 is 2.86. The minimum Gasteiger partial charge on any atom is -0.508 e. The van der Waals surface area contributed by atoms with E-state index < -0.39 is 76.3 Å². The molecule has 0 aliphatic carbocycles. The third kappa shape index (κ3) is 8.22. The first-order valence-corrected chi connectivity index (χ1v) is 23.3. The molecule has 2 aromatic heterocycles.